The molecule has 0 fully saturated rings. The molecule has 1 aromatic carbocycles. The number of methoxy groups -OCH3 is 1. The van der Waals surface area contributed by atoms with E-state index in [2.05, 4.69) is 10.6 Å². The van der Waals surface area contributed by atoms with Crippen molar-refractivity contribution in [1.82, 2.24) is 10.6 Å². The first-order valence-electron chi connectivity index (χ1n) is 8.72. The molecule has 1 aromatic heterocycles. The van der Waals surface area contributed by atoms with Crippen molar-refractivity contribution in [3.05, 3.63) is 54.0 Å². The number of carbonyl (C=O) groups is 2. The van der Waals surface area contributed by atoms with Crippen molar-refractivity contribution in [3.8, 4) is 5.75 Å². The van der Waals surface area contributed by atoms with E-state index in [0.29, 0.717) is 25.1 Å². The van der Waals surface area contributed by atoms with E-state index < -0.39 is 6.04 Å². The van der Waals surface area contributed by atoms with Crippen LogP contribution in [0.2, 0.25) is 0 Å². The Morgan fingerprint density at radius 1 is 1.15 bits per heavy atom. The van der Waals surface area contributed by atoms with Gasteiger partial charge in [-0.1, -0.05) is 26.0 Å². The second-order valence-electron chi connectivity index (χ2n) is 6.43. The van der Waals surface area contributed by atoms with Crippen LogP contribution in [0, 0.1) is 5.92 Å². The van der Waals surface area contributed by atoms with Gasteiger partial charge in [0.25, 0.3) is 0 Å². The Hall–Kier alpha value is -2.76. The molecule has 2 amide bonds. The number of benzene rings is 1. The molecule has 6 nitrogen and oxygen atoms in total. The molecule has 0 spiro atoms. The van der Waals surface area contributed by atoms with Gasteiger partial charge in [0.1, 0.15) is 17.6 Å². The fourth-order valence-electron chi connectivity index (χ4n) is 2.53. The molecule has 0 aliphatic heterocycles. The monoisotopic (exact) mass is 358 g/mol. The van der Waals surface area contributed by atoms with Gasteiger partial charge in [-0.15, -0.1) is 0 Å². The fraction of sp³-hybridized carbons (Fsp3) is 0.400. The highest BCUT2D eigenvalue weighted by Gasteiger charge is 2.23. The first kappa shape index (κ1) is 19.6. The van der Waals surface area contributed by atoms with Crippen LogP contribution in [0.1, 0.15) is 31.6 Å². The lowest BCUT2D eigenvalue weighted by Gasteiger charge is -2.21. The van der Waals surface area contributed by atoms with Gasteiger partial charge < -0.3 is 19.8 Å². The van der Waals surface area contributed by atoms with Gasteiger partial charge in [0, 0.05) is 6.42 Å². The molecule has 2 aromatic rings. The van der Waals surface area contributed by atoms with E-state index in [1.807, 2.05) is 38.1 Å². The molecule has 0 radical (unpaired) electrons. The van der Waals surface area contributed by atoms with Gasteiger partial charge in [0.05, 0.1) is 19.9 Å². The lowest BCUT2D eigenvalue weighted by atomic mass is 10.0. The van der Waals surface area contributed by atoms with Gasteiger partial charge in [-0.2, -0.15) is 0 Å². The SMILES string of the molecule is COc1ccc(CCC(=O)N[C@H](C(=O)NCc2ccco2)C(C)C)cc1. The Labute approximate surface area is 153 Å². The molecule has 1 heterocycles. The number of hydrogen-bond donors (Lipinski definition) is 2. The van der Waals surface area contributed by atoms with Gasteiger partial charge in [0.15, 0.2) is 0 Å². The van der Waals surface area contributed by atoms with E-state index in [4.69, 9.17) is 9.15 Å². The zero-order valence-corrected chi connectivity index (χ0v) is 15.5. The molecule has 0 bridgehead atoms. The fourth-order valence-corrected chi connectivity index (χ4v) is 2.53. The second-order valence-corrected chi connectivity index (χ2v) is 6.43. The van der Waals surface area contributed by atoms with Gasteiger partial charge >= 0.3 is 0 Å². The highest BCUT2D eigenvalue weighted by Crippen LogP contribution is 2.13. The molecule has 2 rings (SSSR count). The molecule has 0 aliphatic rings. The molecule has 1 atom stereocenters. The van der Waals surface area contributed by atoms with Crippen molar-refractivity contribution >= 4 is 11.8 Å². The summed E-state index contributed by atoms with van der Waals surface area (Å²) in [6.07, 6.45) is 2.48. The van der Waals surface area contributed by atoms with E-state index in [1.165, 1.54) is 0 Å². The van der Waals surface area contributed by atoms with Crippen LogP contribution < -0.4 is 15.4 Å². The maximum Gasteiger partial charge on any atom is 0.243 e. The highest BCUT2D eigenvalue weighted by molar-refractivity contribution is 5.87. The van der Waals surface area contributed by atoms with Crippen LogP contribution in [0.4, 0.5) is 0 Å². The number of furan rings is 1. The number of hydrogen-bond acceptors (Lipinski definition) is 4. The second kappa shape index (κ2) is 9.65. The summed E-state index contributed by atoms with van der Waals surface area (Å²) in [4.78, 5) is 24.6. The van der Waals surface area contributed by atoms with Crippen molar-refractivity contribution in [2.75, 3.05) is 7.11 Å². The van der Waals surface area contributed by atoms with Crippen LogP contribution in [0.15, 0.2) is 47.1 Å². The van der Waals surface area contributed by atoms with Crippen LogP contribution in [-0.2, 0) is 22.6 Å². The van der Waals surface area contributed by atoms with Crippen LogP contribution >= 0.6 is 0 Å². The average molecular weight is 358 g/mol. The van der Waals surface area contributed by atoms with Gasteiger partial charge in [-0.3, -0.25) is 9.59 Å². The minimum absolute atomic E-state index is 0.0171. The van der Waals surface area contributed by atoms with Gasteiger partial charge in [0.2, 0.25) is 11.8 Å². The van der Waals surface area contributed by atoms with Crippen molar-refractivity contribution < 1.29 is 18.7 Å². The van der Waals surface area contributed by atoms with Gasteiger partial charge in [-0.05, 0) is 42.2 Å². The third-order valence-corrected chi connectivity index (χ3v) is 4.08. The van der Waals surface area contributed by atoms with Crippen LogP contribution in [-0.4, -0.2) is 25.0 Å². The lowest BCUT2D eigenvalue weighted by Crippen LogP contribution is -2.49. The normalized spacial score (nSPS) is 11.8. The maximum absolute atomic E-state index is 12.4. The molecule has 0 saturated heterocycles. The predicted molar refractivity (Wildman–Crippen MR) is 98.6 cm³/mol. The molecule has 2 N–H and O–H groups in total. The molecule has 0 aliphatic carbocycles. The van der Waals surface area contributed by atoms with E-state index in [-0.39, 0.29) is 17.7 Å². The summed E-state index contributed by atoms with van der Waals surface area (Å²) in [6, 6.07) is 10.6. The smallest absolute Gasteiger partial charge is 0.243 e. The average Bonchev–Trinajstić information content (AvgIpc) is 3.16. The van der Waals surface area contributed by atoms with E-state index in [0.717, 1.165) is 11.3 Å². The van der Waals surface area contributed by atoms with Crippen LogP contribution in [0.5, 0.6) is 5.75 Å². The predicted octanol–water partition coefficient (Wildman–Crippen LogP) is 2.68. The minimum atomic E-state index is -0.576. The van der Waals surface area contributed by atoms with E-state index >= 15 is 0 Å². The number of aryl methyl sites for hydroxylation is 1. The largest absolute Gasteiger partial charge is 0.497 e. The van der Waals surface area contributed by atoms with Crippen molar-refractivity contribution in [2.45, 2.75) is 39.3 Å². The third kappa shape index (κ3) is 5.95. The van der Waals surface area contributed by atoms with Gasteiger partial charge in [-0.25, -0.2) is 0 Å². The maximum atomic E-state index is 12.4. The molecular formula is C20H26N2O4. The van der Waals surface area contributed by atoms with E-state index in [1.54, 1.807) is 25.5 Å². The zero-order chi connectivity index (χ0) is 18.9. The van der Waals surface area contributed by atoms with Crippen LogP contribution in [0.25, 0.3) is 0 Å². The zero-order valence-electron chi connectivity index (χ0n) is 15.5. The molecule has 140 valence electrons. The quantitative estimate of drug-likeness (QED) is 0.722. The van der Waals surface area contributed by atoms with Crippen molar-refractivity contribution in [1.29, 1.82) is 0 Å². The summed E-state index contributed by atoms with van der Waals surface area (Å²) < 4.78 is 10.3. The highest BCUT2D eigenvalue weighted by atomic mass is 16.5. The summed E-state index contributed by atoms with van der Waals surface area (Å²) in [5.74, 6) is 1.08. The topological polar surface area (TPSA) is 80.6 Å². The molecule has 0 saturated carbocycles. The number of carbonyl (C=O) groups excluding carboxylic acids is 2. The Balaban J connectivity index is 1.83. The Kier molecular flexibility index (Phi) is 7.26. The Morgan fingerprint density at radius 2 is 1.88 bits per heavy atom. The summed E-state index contributed by atoms with van der Waals surface area (Å²) in [5, 5.41) is 5.63. The first-order chi connectivity index (χ1) is 12.5. The van der Waals surface area contributed by atoms with E-state index in [9.17, 15) is 9.59 Å². The molecule has 6 heteroatoms. The molecule has 26 heavy (non-hydrogen) atoms. The Morgan fingerprint density at radius 3 is 2.46 bits per heavy atom. The minimum Gasteiger partial charge on any atom is -0.497 e. The molecule has 0 unspecified atom stereocenters. The number of rotatable bonds is 9. The number of nitrogens with one attached hydrogen (secondary N) is 2. The summed E-state index contributed by atoms with van der Waals surface area (Å²) in [5.41, 5.74) is 1.05. The number of ether oxygens (including phenoxy) is 1. The van der Waals surface area contributed by atoms with Crippen molar-refractivity contribution in [3.63, 3.8) is 0 Å². The Bertz CT molecular complexity index is 693. The van der Waals surface area contributed by atoms with Crippen molar-refractivity contribution in [2.24, 2.45) is 5.92 Å². The summed E-state index contributed by atoms with van der Waals surface area (Å²) >= 11 is 0. The number of amides is 2. The standard InChI is InChI=1S/C20H26N2O4/c1-14(2)19(20(24)21-13-17-5-4-12-26-17)22-18(23)11-8-15-6-9-16(25-3)10-7-15/h4-7,9-10,12,14,19H,8,11,13H2,1-3H3,(H,21,24)(H,22,23)/t19-/m0/s1. The third-order valence-electron chi connectivity index (χ3n) is 4.08. The molecular weight excluding hydrogens is 332 g/mol. The summed E-state index contributed by atoms with van der Waals surface area (Å²) in [6.45, 7) is 4.11. The lowest BCUT2D eigenvalue weighted by molar-refractivity contribution is -0.130. The summed E-state index contributed by atoms with van der Waals surface area (Å²) in [7, 11) is 1.62. The first-order valence-corrected chi connectivity index (χ1v) is 8.72. The van der Waals surface area contributed by atoms with Crippen LogP contribution in [0.3, 0.4) is 0 Å².